The first-order chi connectivity index (χ1) is 11.4. The van der Waals surface area contributed by atoms with Crippen molar-refractivity contribution in [3.63, 3.8) is 0 Å². The van der Waals surface area contributed by atoms with Crippen LogP contribution in [-0.2, 0) is 25.7 Å². The van der Waals surface area contributed by atoms with Crippen molar-refractivity contribution in [2.45, 2.75) is 25.7 Å². The fourth-order valence-electron chi connectivity index (χ4n) is 2.76. The van der Waals surface area contributed by atoms with Crippen LogP contribution >= 0.6 is 0 Å². The summed E-state index contributed by atoms with van der Waals surface area (Å²) in [5.41, 5.74) is 1.05. The van der Waals surface area contributed by atoms with Crippen LogP contribution in [0.25, 0.3) is 0 Å². The molecule has 2 aromatic rings. The van der Waals surface area contributed by atoms with Crippen LogP contribution in [0.1, 0.15) is 28.2 Å². The number of alkyl halides is 3. The Morgan fingerprint density at radius 2 is 2.08 bits per heavy atom. The van der Waals surface area contributed by atoms with E-state index in [1.54, 1.807) is 12.1 Å². The minimum Gasteiger partial charge on any atom is -0.303 e. The van der Waals surface area contributed by atoms with Crippen molar-refractivity contribution in [1.29, 1.82) is 5.26 Å². The zero-order valence-corrected chi connectivity index (χ0v) is 12.5. The molecule has 3 rings (SSSR count). The Balaban J connectivity index is 1.85. The summed E-state index contributed by atoms with van der Waals surface area (Å²) in [6.45, 7) is 1.12. The standard InChI is InChI=1S/C16H13F3N4O/c17-16(18,19)15-21-13-5-6-23(9-12(13)14(24)22-15)8-11-4-2-1-3-10(11)7-20/h1-4H,5-6,8-9H2,(H,21,22,24). The molecule has 1 aliphatic rings. The van der Waals surface area contributed by atoms with Crippen molar-refractivity contribution < 1.29 is 13.2 Å². The molecule has 0 amide bonds. The maximum atomic E-state index is 12.7. The van der Waals surface area contributed by atoms with E-state index in [0.29, 0.717) is 18.7 Å². The number of benzene rings is 1. The molecule has 1 aliphatic heterocycles. The summed E-state index contributed by atoms with van der Waals surface area (Å²) in [5.74, 6) is -1.26. The van der Waals surface area contributed by atoms with Gasteiger partial charge < -0.3 is 4.98 Å². The number of hydrogen-bond acceptors (Lipinski definition) is 4. The van der Waals surface area contributed by atoms with Crippen LogP contribution in [0.3, 0.4) is 0 Å². The molecule has 0 bridgehead atoms. The molecule has 0 aliphatic carbocycles. The molecule has 1 aromatic carbocycles. The number of aromatic nitrogens is 2. The van der Waals surface area contributed by atoms with Crippen molar-refractivity contribution in [1.82, 2.24) is 14.9 Å². The first-order valence-corrected chi connectivity index (χ1v) is 7.28. The zero-order valence-electron chi connectivity index (χ0n) is 12.5. The molecule has 5 nitrogen and oxygen atoms in total. The van der Waals surface area contributed by atoms with E-state index in [9.17, 15) is 18.0 Å². The molecule has 24 heavy (non-hydrogen) atoms. The number of rotatable bonds is 2. The van der Waals surface area contributed by atoms with Gasteiger partial charge in [-0.1, -0.05) is 18.2 Å². The number of H-pyrrole nitrogens is 1. The maximum Gasteiger partial charge on any atom is 0.449 e. The van der Waals surface area contributed by atoms with Crippen LogP contribution < -0.4 is 5.56 Å². The Bertz CT molecular complexity index is 867. The Hall–Kier alpha value is -2.66. The number of hydrogen-bond donors (Lipinski definition) is 1. The van der Waals surface area contributed by atoms with Crippen molar-refractivity contribution in [2.75, 3.05) is 6.54 Å². The molecule has 0 radical (unpaired) electrons. The Morgan fingerprint density at radius 3 is 2.79 bits per heavy atom. The molecule has 8 heteroatoms. The van der Waals surface area contributed by atoms with Crippen LogP contribution in [0, 0.1) is 11.3 Å². The van der Waals surface area contributed by atoms with Gasteiger partial charge in [0.1, 0.15) is 0 Å². The monoisotopic (exact) mass is 334 g/mol. The van der Waals surface area contributed by atoms with E-state index in [1.807, 2.05) is 22.0 Å². The second kappa shape index (κ2) is 6.09. The molecular formula is C16H13F3N4O. The minimum absolute atomic E-state index is 0.191. The maximum absolute atomic E-state index is 12.7. The lowest BCUT2D eigenvalue weighted by atomic mass is 10.0. The van der Waals surface area contributed by atoms with Gasteiger partial charge in [-0.2, -0.15) is 18.4 Å². The van der Waals surface area contributed by atoms with E-state index < -0.39 is 17.6 Å². The highest BCUT2D eigenvalue weighted by molar-refractivity contribution is 5.37. The third-order valence-corrected chi connectivity index (χ3v) is 3.95. The van der Waals surface area contributed by atoms with Gasteiger partial charge in [-0.25, -0.2) is 4.98 Å². The fraction of sp³-hybridized carbons (Fsp3) is 0.312. The van der Waals surface area contributed by atoms with E-state index in [1.165, 1.54) is 0 Å². The molecule has 2 heterocycles. The molecule has 1 N–H and O–H groups in total. The van der Waals surface area contributed by atoms with E-state index >= 15 is 0 Å². The minimum atomic E-state index is -4.67. The summed E-state index contributed by atoms with van der Waals surface area (Å²) in [7, 11) is 0. The Labute approximate surface area is 135 Å². The molecule has 0 saturated carbocycles. The molecule has 0 fully saturated rings. The summed E-state index contributed by atoms with van der Waals surface area (Å²) in [5, 5.41) is 9.12. The summed E-state index contributed by atoms with van der Waals surface area (Å²) < 4.78 is 38.1. The van der Waals surface area contributed by atoms with E-state index in [-0.39, 0.29) is 24.2 Å². The highest BCUT2D eigenvalue weighted by Crippen LogP contribution is 2.26. The van der Waals surface area contributed by atoms with Crippen molar-refractivity contribution in [2.24, 2.45) is 0 Å². The first-order valence-electron chi connectivity index (χ1n) is 7.28. The highest BCUT2D eigenvalue weighted by Gasteiger charge is 2.35. The lowest BCUT2D eigenvalue weighted by Crippen LogP contribution is -2.36. The van der Waals surface area contributed by atoms with E-state index in [2.05, 4.69) is 11.1 Å². The number of aromatic amines is 1. The van der Waals surface area contributed by atoms with Gasteiger partial charge in [0.05, 0.1) is 22.9 Å². The average Bonchev–Trinajstić information content (AvgIpc) is 2.55. The lowest BCUT2D eigenvalue weighted by molar-refractivity contribution is -0.145. The predicted molar refractivity (Wildman–Crippen MR) is 78.8 cm³/mol. The molecule has 0 unspecified atom stereocenters. The summed E-state index contributed by atoms with van der Waals surface area (Å²) >= 11 is 0. The quantitative estimate of drug-likeness (QED) is 0.914. The van der Waals surface area contributed by atoms with Gasteiger partial charge in [0.15, 0.2) is 0 Å². The summed E-state index contributed by atoms with van der Waals surface area (Å²) in [6.07, 6.45) is -4.41. The second-order valence-corrected chi connectivity index (χ2v) is 5.57. The average molecular weight is 334 g/mol. The smallest absolute Gasteiger partial charge is 0.303 e. The second-order valence-electron chi connectivity index (χ2n) is 5.57. The Kier molecular flexibility index (Phi) is 4.11. The summed E-state index contributed by atoms with van der Waals surface area (Å²) in [6, 6.07) is 9.22. The first kappa shape index (κ1) is 16.2. The largest absolute Gasteiger partial charge is 0.449 e. The predicted octanol–water partition coefficient (Wildman–Crippen LogP) is 2.22. The topological polar surface area (TPSA) is 72.8 Å². The third-order valence-electron chi connectivity index (χ3n) is 3.95. The van der Waals surface area contributed by atoms with Crippen LogP contribution in [0.5, 0.6) is 0 Å². The SMILES string of the molecule is N#Cc1ccccc1CN1CCc2nc(C(F)(F)F)[nH]c(=O)c2C1. The molecule has 0 saturated heterocycles. The normalized spacial score (nSPS) is 14.9. The van der Waals surface area contributed by atoms with Gasteiger partial charge in [0, 0.05) is 26.1 Å². The van der Waals surface area contributed by atoms with Crippen LogP contribution in [0.15, 0.2) is 29.1 Å². The molecule has 1 aromatic heterocycles. The van der Waals surface area contributed by atoms with Crippen molar-refractivity contribution in [3.05, 3.63) is 62.8 Å². The zero-order chi connectivity index (χ0) is 17.3. The number of nitrogens with zero attached hydrogens (tertiary/aromatic N) is 3. The molecule has 0 spiro atoms. The highest BCUT2D eigenvalue weighted by atomic mass is 19.4. The lowest BCUT2D eigenvalue weighted by Gasteiger charge is -2.28. The molecular weight excluding hydrogens is 321 g/mol. The molecule has 124 valence electrons. The van der Waals surface area contributed by atoms with Crippen molar-refractivity contribution in [3.8, 4) is 6.07 Å². The molecule has 0 atom stereocenters. The van der Waals surface area contributed by atoms with Gasteiger partial charge in [0.25, 0.3) is 5.56 Å². The van der Waals surface area contributed by atoms with E-state index in [0.717, 1.165) is 5.56 Å². The van der Waals surface area contributed by atoms with Crippen LogP contribution in [0.4, 0.5) is 13.2 Å². The van der Waals surface area contributed by atoms with Gasteiger partial charge >= 0.3 is 6.18 Å². The third kappa shape index (κ3) is 3.16. The number of nitriles is 1. The Morgan fingerprint density at radius 1 is 1.33 bits per heavy atom. The van der Waals surface area contributed by atoms with Gasteiger partial charge in [0.2, 0.25) is 5.82 Å². The number of nitrogens with one attached hydrogen (secondary N) is 1. The van der Waals surface area contributed by atoms with Gasteiger partial charge in [-0.15, -0.1) is 0 Å². The summed E-state index contributed by atoms with van der Waals surface area (Å²) in [4.78, 5) is 19.3. The van der Waals surface area contributed by atoms with Gasteiger partial charge in [-0.05, 0) is 11.6 Å². The van der Waals surface area contributed by atoms with Gasteiger partial charge in [-0.3, -0.25) is 9.69 Å². The van der Waals surface area contributed by atoms with Crippen LogP contribution in [0.2, 0.25) is 0 Å². The van der Waals surface area contributed by atoms with E-state index in [4.69, 9.17) is 5.26 Å². The van der Waals surface area contributed by atoms with Crippen molar-refractivity contribution >= 4 is 0 Å². The number of halogens is 3. The fourth-order valence-corrected chi connectivity index (χ4v) is 2.76. The number of fused-ring (bicyclic) bond motifs is 1. The van der Waals surface area contributed by atoms with Crippen LogP contribution in [-0.4, -0.2) is 21.4 Å².